The zero-order chi connectivity index (χ0) is 11.4. The van der Waals surface area contributed by atoms with Crippen molar-refractivity contribution in [3.8, 4) is 11.5 Å². The van der Waals surface area contributed by atoms with Gasteiger partial charge in [0.2, 0.25) is 0 Å². The lowest BCUT2D eigenvalue weighted by Gasteiger charge is -2.12. The Bertz CT molecular complexity index is 382. The number of benzene rings is 1. The molecule has 3 nitrogen and oxygen atoms in total. The van der Waals surface area contributed by atoms with E-state index < -0.39 is 0 Å². The Morgan fingerprint density at radius 3 is 2.67 bits per heavy atom. The molecule has 2 N–H and O–H groups in total. The van der Waals surface area contributed by atoms with Crippen molar-refractivity contribution in [2.45, 2.75) is 6.92 Å². The lowest BCUT2D eigenvalue weighted by atomic mass is 10.2. The van der Waals surface area contributed by atoms with Crippen LogP contribution < -0.4 is 15.2 Å². The van der Waals surface area contributed by atoms with Gasteiger partial charge in [-0.15, -0.1) is 0 Å². The molecule has 0 aliphatic heterocycles. The summed E-state index contributed by atoms with van der Waals surface area (Å²) >= 11 is 10.9. The zero-order valence-electron chi connectivity index (χ0n) is 8.54. The molecule has 1 rings (SSSR count). The van der Waals surface area contributed by atoms with Gasteiger partial charge < -0.3 is 15.2 Å². The van der Waals surface area contributed by atoms with E-state index in [1.54, 1.807) is 12.1 Å². The quantitative estimate of drug-likeness (QED) is 0.828. The van der Waals surface area contributed by atoms with E-state index in [9.17, 15) is 0 Å². The Balaban J connectivity index is 3.24. The minimum Gasteiger partial charge on any atom is -0.493 e. The predicted octanol–water partition coefficient (Wildman–Crippen LogP) is 2.38. The number of nitrogens with two attached hydrogens (primary N) is 1. The molecule has 0 amide bonds. The Kier molecular flexibility index (Phi) is 4.17. The normalized spacial score (nSPS) is 9.80. The van der Waals surface area contributed by atoms with Crippen molar-refractivity contribution in [1.82, 2.24) is 0 Å². The van der Waals surface area contributed by atoms with Gasteiger partial charge >= 0.3 is 0 Å². The van der Waals surface area contributed by atoms with Crippen LogP contribution in [0.4, 0.5) is 0 Å². The van der Waals surface area contributed by atoms with Crippen molar-refractivity contribution in [2.24, 2.45) is 5.73 Å². The molecule has 0 saturated heterocycles. The first-order valence-electron chi connectivity index (χ1n) is 4.40. The number of halogens is 1. The molecule has 0 aliphatic carbocycles. The molecule has 0 spiro atoms. The van der Waals surface area contributed by atoms with Crippen LogP contribution >= 0.6 is 23.8 Å². The summed E-state index contributed by atoms with van der Waals surface area (Å²) in [5.41, 5.74) is 6.17. The molecule has 1 aromatic rings. The highest BCUT2D eigenvalue weighted by atomic mass is 35.5. The lowest BCUT2D eigenvalue weighted by Crippen LogP contribution is -2.10. The van der Waals surface area contributed by atoms with Crippen LogP contribution in [0.15, 0.2) is 12.1 Å². The summed E-state index contributed by atoms with van der Waals surface area (Å²) in [4.78, 5) is 0.276. The summed E-state index contributed by atoms with van der Waals surface area (Å²) < 4.78 is 10.5. The van der Waals surface area contributed by atoms with Crippen molar-refractivity contribution in [1.29, 1.82) is 0 Å². The molecular formula is C10H12ClNO2S. The molecule has 0 unspecified atom stereocenters. The first-order valence-corrected chi connectivity index (χ1v) is 5.18. The Morgan fingerprint density at radius 2 is 2.20 bits per heavy atom. The molecule has 0 fully saturated rings. The summed E-state index contributed by atoms with van der Waals surface area (Å²) in [5.74, 6) is 1.05. The van der Waals surface area contributed by atoms with Crippen LogP contribution in [0.3, 0.4) is 0 Å². The Morgan fingerprint density at radius 1 is 1.53 bits per heavy atom. The second kappa shape index (κ2) is 5.19. The molecular weight excluding hydrogens is 234 g/mol. The fraction of sp³-hybridized carbons (Fsp3) is 0.300. The van der Waals surface area contributed by atoms with E-state index in [2.05, 4.69) is 0 Å². The standard InChI is InChI=1S/C10H12ClNO2S/c1-3-14-9-7(11)4-6(10(12)15)5-8(9)13-2/h4-5H,3H2,1-2H3,(H2,12,15). The first kappa shape index (κ1) is 12.1. The van der Waals surface area contributed by atoms with Crippen LogP contribution in [-0.2, 0) is 0 Å². The summed E-state index contributed by atoms with van der Waals surface area (Å²) in [7, 11) is 1.54. The number of rotatable bonds is 4. The molecule has 15 heavy (non-hydrogen) atoms. The van der Waals surface area contributed by atoms with Gasteiger partial charge in [-0.3, -0.25) is 0 Å². The highest BCUT2D eigenvalue weighted by Gasteiger charge is 2.12. The molecule has 5 heteroatoms. The SMILES string of the molecule is CCOc1c(Cl)cc(C(N)=S)cc1OC. The van der Waals surface area contributed by atoms with Gasteiger partial charge in [-0.25, -0.2) is 0 Å². The molecule has 0 aromatic heterocycles. The van der Waals surface area contributed by atoms with Crippen molar-refractivity contribution in [2.75, 3.05) is 13.7 Å². The third kappa shape index (κ3) is 2.73. The maximum Gasteiger partial charge on any atom is 0.179 e. The highest BCUT2D eigenvalue weighted by Crippen LogP contribution is 2.36. The van der Waals surface area contributed by atoms with E-state index in [0.29, 0.717) is 28.7 Å². The second-order valence-corrected chi connectivity index (χ2v) is 3.63. The van der Waals surface area contributed by atoms with Crippen LogP contribution in [0.2, 0.25) is 5.02 Å². The molecule has 82 valence electrons. The first-order chi connectivity index (χ1) is 7.10. The van der Waals surface area contributed by atoms with Crippen molar-refractivity contribution in [3.63, 3.8) is 0 Å². The summed E-state index contributed by atoms with van der Waals surface area (Å²) in [6.07, 6.45) is 0. The van der Waals surface area contributed by atoms with Gasteiger partial charge in [0.25, 0.3) is 0 Å². The van der Waals surface area contributed by atoms with Gasteiger partial charge in [0.15, 0.2) is 11.5 Å². The minimum absolute atomic E-state index is 0.276. The molecule has 0 bridgehead atoms. The molecule has 0 aliphatic rings. The van der Waals surface area contributed by atoms with E-state index in [0.717, 1.165) is 0 Å². The number of methoxy groups -OCH3 is 1. The Labute approximate surface area is 99.1 Å². The van der Waals surface area contributed by atoms with E-state index in [-0.39, 0.29) is 4.99 Å². The maximum atomic E-state index is 6.02. The van der Waals surface area contributed by atoms with Gasteiger partial charge in [-0.05, 0) is 19.1 Å². The fourth-order valence-corrected chi connectivity index (χ4v) is 1.53. The smallest absolute Gasteiger partial charge is 0.179 e. The second-order valence-electron chi connectivity index (χ2n) is 2.79. The third-order valence-corrected chi connectivity index (χ3v) is 2.32. The van der Waals surface area contributed by atoms with E-state index >= 15 is 0 Å². The van der Waals surface area contributed by atoms with Crippen LogP contribution in [0, 0.1) is 0 Å². The largest absolute Gasteiger partial charge is 0.493 e. The predicted molar refractivity (Wildman–Crippen MR) is 65.1 cm³/mol. The van der Waals surface area contributed by atoms with E-state index in [1.165, 1.54) is 7.11 Å². The summed E-state index contributed by atoms with van der Waals surface area (Å²) in [5, 5.41) is 0.444. The molecule has 1 aromatic carbocycles. The number of ether oxygens (including phenoxy) is 2. The van der Waals surface area contributed by atoms with Crippen molar-refractivity contribution < 1.29 is 9.47 Å². The van der Waals surface area contributed by atoms with Gasteiger partial charge in [-0.1, -0.05) is 23.8 Å². The van der Waals surface area contributed by atoms with Gasteiger partial charge in [-0.2, -0.15) is 0 Å². The highest BCUT2D eigenvalue weighted by molar-refractivity contribution is 7.80. The average Bonchev–Trinajstić information content (AvgIpc) is 2.20. The van der Waals surface area contributed by atoms with Crippen LogP contribution in [-0.4, -0.2) is 18.7 Å². The van der Waals surface area contributed by atoms with Gasteiger partial charge in [0.1, 0.15) is 4.99 Å². The van der Waals surface area contributed by atoms with Gasteiger partial charge in [0, 0.05) is 5.56 Å². The third-order valence-electron chi connectivity index (χ3n) is 1.80. The summed E-state index contributed by atoms with van der Waals surface area (Å²) in [6.45, 7) is 2.39. The summed E-state index contributed by atoms with van der Waals surface area (Å²) in [6, 6.07) is 3.37. The number of hydrogen-bond donors (Lipinski definition) is 1. The van der Waals surface area contributed by atoms with Crippen LogP contribution in [0.1, 0.15) is 12.5 Å². The van der Waals surface area contributed by atoms with E-state index in [1.807, 2.05) is 6.92 Å². The Hall–Kier alpha value is -1.00. The number of thiocarbonyl (C=S) groups is 1. The maximum absolute atomic E-state index is 6.02. The van der Waals surface area contributed by atoms with Crippen LogP contribution in [0.5, 0.6) is 11.5 Å². The zero-order valence-corrected chi connectivity index (χ0v) is 10.1. The number of hydrogen-bond acceptors (Lipinski definition) is 3. The molecule has 0 radical (unpaired) electrons. The molecule has 0 atom stereocenters. The monoisotopic (exact) mass is 245 g/mol. The van der Waals surface area contributed by atoms with Gasteiger partial charge in [0.05, 0.1) is 18.7 Å². The van der Waals surface area contributed by atoms with Crippen molar-refractivity contribution >= 4 is 28.8 Å². The molecule has 0 saturated carbocycles. The minimum atomic E-state index is 0.276. The average molecular weight is 246 g/mol. The topological polar surface area (TPSA) is 44.5 Å². The molecule has 0 heterocycles. The van der Waals surface area contributed by atoms with Crippen LogP contribution in [0.25, 0.3) is 0 Å². The lowest BCUT2D eigenvalue weighted by molar-refractivity contribution is 0.311. The fourth-order valence-electron chi connectivity index (χ4n) is 1.15. The van der Waals surface area contributed by atoms with E-state index in [4.69, 9.17) is 39.0 Å². The van der Waals surface area contributed by atoms with Crippen molar-refractivity contribution in [3.05, 3.63) is 22.7 Å².